The second-order valence-electron chi connectivity index (χ2n) is 8.86. The highest BCUT2D eigenvalue weighted by Crippen LogP contribution is 2.45. The minimum Gasteiger partial charge on any atom is -0.457 e. The maximum absolute atomic E-state index is 12.7. The van der Waals surface area contributed by atoms with Crippen molar-refractivity contribution in [2.24, 2.45) is 0 Å². The standard InChI is InChI=1S/C31H28O3/c32-30(24-14-18-28(19-15-24)33-27-12-6-2-7-13-27)34-29-20-16-26(17-21-29)31(22-8-3-9-23-31)25-10-4-1-5-11-25/h1-2,4-7,10-21H,3,8-9,22-23H2. The van der Waals surface area contributed by atoms with Crippen LogP contribution >= 0.6 is 0 Å². The van der Waals surface area contributed by atoms with E-state index in [0.29, 0.717) is 17.1 Å². The lowest BCUT2D eigenvalue weighted by Crippen LogP contribution is -2.30. The van der Waals surface area contributed by atoms with Crippen LogP contribution in [-0.2, 0) is 5.41 Å². The largest absolute Gasteiger partial charge is 0.457 e. The zero-order chi connectivity index (χ0) is 23.2. The summed E-state index contributed by atoms with van der Waals surface area (Å²) in [6, 6.07) is 35.4. The van der Waals surface area contributed by atoms with Gasteiger partial charge in [-0.1, -0.05) is 79.9 Å². The molecule has 0 atom stereocenters. The van der Waals surface area contributed by atoms with E-state index >= 15 is 0 Å². The van der Waals surface area contributed by atoms with Crippen LogP contribution in [0.5, 0.6) is 17.2 Å². The highest BCUT2D eigenvalue weighted by Gasteiger charge is 2.35. The van der Waals surface area contributed by atoms with Gasteiger partial charge in [0.15, 0.2) is 0 Å². The van der Waals surface area contributed by atoms with Gasteiger partial charge in [-0.2, -0.15) is 0 Å². The lowest BCUT2D eigenvalue weighted by atomic mass is 9.65. The van der Waals surface area contributed by atoms with E-state index in [0.717, 1.165) is 18.6 Å². The number of hydrogen-bond acceptors (Lipinski definition) is 3. The molecule has 1 saturated carbocycles. The second-order valence-corrected chi connectivity index (χ2v) is 8.86. The third-order valence-corrected chi connectivity index (χ3v) is 6.72. The van der Waals surface area contributed by atoms with Crippen LogP contribution < -0.4 is 9.47 Å². The van der Waals surface area contributed by atoms with Crippen molar-refractivity contribution in [2.45, 2.75) is 37.5 Å². The molecule has 0 radical (unpaired) electrons. The molecule has 170 valence electrons. The van der Waals surface area contributed by atoms with Crippen LogP contribution in [0.1, 0.15) is 53.6 Å². The third kappa shape index (κ3) is 4.74. The van der Waals surface area contributed by atoms with E-state index in [4.69, 9.17) is 9.47 Å². The molecule has 4 aromatic carbocycles. The maximum atomic E-state index is 12.7. The van der Waals surface area contributed by atoms with Gasteiger partial charge in [-0.25, -0.2) is 4.79 Å². The minimum absolute atomic E-state index is 0.0383. The van der Waals surface area contributed by atoms with E-state index in [1.165, 1.54) is 30.4 Å². The molecule has 3 nitrogen and oxygen atoms in total. The van der Waals surface area contributed by atoms with Gasteiger partial charge in [0, 0.05) is 5.41 Å². The predicted molar refractivity (Wildman–Crippen MR) is 135 cm³/mol. The summed E-state index contributed by atoms with van der Waals surface area (Å²) < 4.78 is 11.5. The topological polar surface area (TPSA) is 35.5 Å². The fourth-order valence-corrected chi connectivity index (χ4v) is 4.95. The van der Waals surface area contributed by atoms with Gasteiger partial charge in [0.1, 0.15) is 17.2 Å². The van der Waals surface area contributed by atoms with Crippen molar-refractivity contribution in [1.82, 2.24) is 0 Å². The van der Waals surface area contributed by atoms with Gasteiger partial charge in [0.2, 0.25) is 0 Å². The molecule has 3 heteroatoms. The van der Waals surface area contributed by atoms with Crippen LogP contribution in [0.25, 0.3) is 0 Å². The summed E-state index contributed by atoms with van der Waals surface area (Å²) >= 11 is 0. The fourth-order valence-electron chi connectivity index (χ4n) is 4.95. The Morgan fingerprint density at radius 3 is 1.74 bits per heavy atom. The molecule has 0 spiro atoms. The smallest absolute Gasteiger partial charge is 0.343 e. The molecule has 0 bridgehead atoms. The molecule has 0 amide bonds. The van der Waals surface area contributed by atoms with E-state index in [1.807, 2.05) is 42.5 Å². The number of rotatable bonds is 6. The number of carbonyl (C=O) groups excluding carboxylic acids is 1. The third-order valence-electron chi connectivity index (χ3n) is 6.72. The molecule has 0 N–H and O–H groups in total. The Kier molecular flexibility index (Phi) is 6.44. The van der Waals surface area contributed by atoms with Gasteiger partial charge in [0.05, 0.1) is 5.56 Å². The molecular weight excluding hydrogens is 420 g/mol. The monoisotopic (exact) mass is 448 g/mol. The summed E-state index contributed by atoms with van der Waals surface area (Å²) in [6.07, 6.45) is 6.05. The van der Waals surface area contributed by atoms with Gasteiger partial charge < -0.3 is 9.47 Å². The first kappa shape index (κ1) is 22.0. The van der Waals surface area contributed by atoms with Crippen LogP contribution in [0.15, 0.2) is 109 Å². The normalized spacial score (nSPS) is 14.8. The highest BCUT2D eigenvalue weighted by atomic mass is 16.5. The molecule has 5 rings (SSSR count). The van der Waals surface area contributed by atoms with Gasteiger partial charge in [-0.15, -0.1) is 0 Å². The summed E-state index contributed by atoms with van der Waals surface area (Å²) in [6.45, 7) is 0. The minimum atomic E-state index is -0.380. The van der Waals surface area contributed by atoms with Gasteiger partial charge >= 0.3 is 5.97 Å². The average molecular weight is 449 g/mol. The molecule has 34 heavy (non-hydrogen) atoms. The molecule has 0 saturated heterocycles. The van der Waals surface area contributed by atoms with Gasteiger partial charge in [-0.05, 0) is 72.5 Å². The maximum Gasteiger partial charge on any atom is 0.343 e. The van der Waals surface area contributed by atoms with Crippen molar-refractivity contribution >= 4 is 5.97 Å². The van der Waals surface area contributed by atoms with Crippen LogP contribution in [0.3, 0.4) is 0 Å². The SMILES string of the molecule is O=C(Oc1ccc(C2(c3ccccc3)CCCCC2)cc1)c1ccc(Oc2ccccc2)cc1. The Morgan fingerprint density at radius 2 is 1.09 bits per heavy atom. The Balaban J connectivity index is 1.29. The van der Waals surface area contributed by atoms with Crippen molar-refractivity contribution < 1.29 is 14.3 Å². The number of ether oxygens (including phenoxy) is 2. The lowest BCUT2D eigenvalue weighted by molar-refractivity contribution is 0.0734. The molecule has 0 unspecified atom stereocenters. The van der Waals surface area contributed by atoms with Crippen molar-refractivity contribution in [1.29, 1.82) is 0 Å². The van der Waals surface area contributed by atoms with Crippen molar-refractivity contribution in [2.75, 3.05) is 0 Å². The molecule has 1 aliphatic rings. The summed E-state index contributed by atoms with van der Waals surface area (Å²) in [5.74, 6) is 1.60. The molecule has 4 aromatic rings. The first-order valence-electron chi connectivity index (χ1n) is 11.9. The van der Waals surface area contributed by atoms with Gasteiger partial charge in [-0.3, -0.25) is 0 Å². The number of para-hydroxylation sites is 1. The zero-order valence-corrected chi connectivity index (χ0v) is 19.2. The summed E-state index contributed by atoms with van der Waals surface area (Å²) in [7, 11) is 0. The number of carbonyl (C=O) groups is 1. The van der Waals surface area contributed by atoms with E-state index in [-0.39, 0.29) is 11.4 Å². The first-order valence-corrected chi connectivity index (χ1v) is 11.9. The summed E-state index contributed by atoms with van der Waals surface area (Å²) in [5.41, 5.74) is 3.19. The van der Waals surface area contributed by atoms with E-state index < -0.39 is 0 Å². The predicted octanol–water partition coefficient (Wildman–Crippen LogP) is 7.95. The van der Waals surface area contributed by atoms with E-state index in [1.54, 1.807) is 24.3 Å². The van der Waals surface area contributed by atoms with E-state index in [2.05, 4.69) is 42.5 Å². The van der Waals surface area contributed by atoms with Crippen LogP contribution in [0, 0.1) is 0 Å². The lowest BCUT2D eigenvalue weighted by Gasteiger charge is -2.38. The zero-order valence-electron chi connectivity index (χ0n) is 19.2. The van der Waals surface area contributed by atoms with Gasteiger partial charge in [0.25, 0.3) is 0 Å². The fraction of sp³-hybridized carbons (Fsp3) is 0.194. The molecule has 0 aliphatic heterocycles. The van der Waals surface area contributed by atoms with Crippen LogP contribution in [0.4, 0.5) is 0 Å². The Hall–Kier alpha value is -3.85. The molecule has 1 fully saturated rings. The summed E-state index contributed by atoms with van der Waals surface area (Å²) in [4.78, 5) is 12.7. The first-order chi connectivity index (χ1) is 16.7. The van der Waals surface area contributed by atoms with Crippen molar-refractivity contribution in [3.8, 4) is 17.2 Å². The quantitative estimate of drug-likeness (QED) is 0.222. The van der Waals surface area contributed by atoms with Crippen LogP contribution in [-0.4, -0.2) is 5.97 Å². The number of hydrogen-bond donors (Lipinski definition) is 0. The second kappa shape index (κ2) is 9.96. The molecular formula is C31H28O3. The molecule has 0 heterocycles. The highest BCUT2D eigenvalue weighted by molar-refractivity contribution is 5.91. The Bertz CT molecular complexity index is 1210. The number of esters is 1. The molecule has 0 aromatic heterocycles. The van der Waals surface area contributed by atoms with Crippen molar-refractivity contribution in [3.05, 3.63) is 126 Å². The molecule has 1 aliphatic carbocycles. The summed E-state index contributed by atoms with van der Waals surface area (Å²) in [5, 5.41) is 0. The Labute approximate surface area is 201 Å². The Morgan fingerprint density at radius 1 is 0.559 bits per heavy atom. The number of benzene rings is 4. The average Bonchev–Trinajstić information content (AvgIpc) is 2.91. The van der Waals surface area contributed by atoms with E-state index in [9.17, 15) is 4.79 Å². The van der Waals surface area contributed by atoms with Crippen LogP contribution in [0.2, 0.25) is 0 Å². The van der Waals surface area contributed by atoms with Crippen molar-refractivity contribution in [3.63, 3.8) is 0 Å².